The number of piperidine rings is 1. The summed E-state index contributed by atoms with van der Waals surface area (Å²) < 4.78 is 11.2. The van der Waals surface area contributed by atoms with Crippen molar-refractivity contribution in [3.63, 3.8) is 0 Å². The lowest BCUT2D eigenvalue weighted by Crippen LogP contribution is -2.31. The minimum atomic E-state index is 0.260. The van der Waals surface area contributed by atoms with Gasteiger partial charge in [0, 0.05) is 17.9 Å². The molecule has 0 radical (unpaired) electrons. The Labute approximate surface area is 140 Å². The molecular weight excluding hydrogens is 310 g/mol. The minimum Gasteiger partial charge on any atom is -0.373 e. The van der Waals surface area contributed by atoms with Crippen molar-refractivity contribution < 1.29 is 9.26 Å². The first-order chi connectivity index (χ1) is 11.3. The number of nitrogens with zero attached hydrogens (tertiary/aromatic N) is 3. The Morgan fingerprint density at radius 3 is 2.91 bits per heavy atom. The van der Waals surface area contributed by atoms with Crippen LogP contribution in [-0.4, -0.2) is 41.8 Å². The number of rotatable bonds is 4. The van der Waals surface area contributed by atoms with Gasteiger partial charge in [0.15, 0.2) is 5.82 Å². The molecule has 2 aromatic rings. The van der Waals surface area contributed by atoms with Crippen LogP contribution in [0.4, 0.5) is 0 Å². The third-order valence-corrected chi connectivity index (χ3v) is 6.03. The molecule has 0 saturated carbocycles. The highest BCUT2D eigenvalue weighted by Crippen LogP contribution is 2.36. The van der Waals surface area contributed by atoms with E-state index in [4.69, 9.17) is 9.26 Å². The van der Waals surface area contributed by atoms with Crippen molar-refractivity contribution in [2.75, 3.05) is 26.7 Å². The lowest BCUT2D eigenvalue weighted by Gasteiger charge is -2.27. The van der Waals surface area contributed by atoms with E-state index in [0.717, 1.165) is 36.6 Å². The van der Waals surface area contributed by atoms with Gasteiger partial charge < -0.3 is 14.2 Å². The van der Waals surface area contributed by atoms with E-state index in [-0.39, 0.29) is 6.10 Å². The van der Waals surface area contributed by atoms with Gasteiger partial charge in [0.2, 0.25) is 0 Å². The first-order valence-corrected chi connectivity index (χ1v) is 9.32. The zero-order valence-corrected chi connectivity index (χ0v) is 14.3. The van der Waals surface area contributed by atoms with Crippen molar-refractivity contribution in [3.05, 3.63) is 22.8 Å². The fraction of sp³-hybridized carbons (Fsp3) is 0.647. The minimum absolute atomic E-state index is 0.260. The van der Waals surface area contributed by atoms with E-state index in [0.29, 0.717) is 11.8 Å². The second-order valence-corrected chi connectivity index (χ2v) is 7.79. The fourth-order valence-corrected chi connectivity index (χ4v) is 4.42. The van der Waals surface area contributed by atoms with Crippen LogP contribution in [0.5, 0.6) is 0 Å². The molecule has 0 N–H and O–H groups in total. The van der Waals surface area contributed by atoms with E-state index in [9.17, 15) is 0 Å². The van der Waals surface area contributed by atoms with E-state index < -0.39 is 0 Å². The fourth-order valence-electron chi connectivity index (χ4n) is 3.40. The lowest BCUT2D eigenvalue weighted by atomic mass is 9.94. The average Bonchev–Trinajstić information content (AvgIpc) is 3.30. The predicted octanol–water partition coefficient (Wildman–Crippen LogP) is 3.53. The summed E-state index contributed by atoms with van der Waals surface area (Å²) in [7, 11) is 2.19. The summed E-state index contributed by atoms with van der Waals surface area (Å²) in [6, 6.07) is 4.21. The maximum atomic E-state index is 5.74. The van der Waals surface area contributed by atoms with Crippen LogP contribution in [0.25, 0.3) is 10.8 Å². The molecule has 0 bridgehead atoms. The van der Waals surface area contributed by atoms with Gasteiger partial charge in [-0.1, -0.05) is 5.16 Å². The van der Waals surface area contributed by atoms with Gasteiger partial charge in [0.05, 0.1) is 11.0 Å². The van der Waals surface area contributed by atoms with Crippen LogP contribution in [0.3, 0.4) is 0 Å². The summed E-state index contributed by atoms with van der Waals surface area (Å²) in [5.74, 6) is 2.19. The third kappa shape index (κ3) is 3.49. The molecule has 2 fully saturated rings. The van der Waals surface area contributed by atoms with Gasteiger partial charge in [-0.2, -0.15) is 4.98 Å². The summed E-state index contributed by atoms with van der Waals surface area (Å²) in [4.78, 5) is 9.32. The topological polar surface area (TPSA) is 51.4 Å². The molecule has 1 atom stereocenters. The summed E-state index contributed by atoms with van der Waals surface area (Å²) in [6.45, 7) is 3.22. The molecule has 0 spiro atoms. The molecule has 0 aliphatic carbocycles. The largest absolute Gasteiger partial charge is 0.373 e. The monoisotopic (exact) mass is 333 g/mol. The maximum Gasteiger partial charge on any atom is 0.267 e. The molecule has 2 aliphatic heterocycles. The molecule has 0 aromatic carbocycles. The maximum absolute atomic E-state index is 5.74. The second kappa shape index (κ2) is 6.71. The van der Waals surface area contributed by atoms with Crippen molar-refractivity contribution >= 4 is 11.3 Å². The van der Waals surface area contributed by atoms with E-state index in [1.54, 1.807) is 11.3 Å². The Bertz CT molecular complexity index is 640. The molecular formula is C17H23N3O2S. The first kappa shape index (κ1) is 15.3. The number of thiophene rings is 1. The average molecular weight is 333 g/mol. The van der Waals surface area contributed by atoms with E-state index in [1.807, 2.05) is 0 Å². The molecule has 124 valence electrons. The van der Waals surface area contributed by atoms with Gasteiger partial charge in [-0.3, -0.25) is 0 Å². The highest BCUT2D eigenvalue weighted by molar-refractivity contribution is 7.15. The predicted molar refractivity (Wildman–Crippen MR) is 89.5 cm³/mol. The Hall–Kier alpha value is -1.24. The van der Waals surface area contributed by atoms with Crippen LogP contribution in [0.2, 0.25) is 0 Å². The molecule has 6 heteroatoms. The number of hydrogen-bond donors (Lipinski definition) is 0. The van der Waals surface area contributed by atoms with Crippen LogP contribution in [0.1, 0.15) is 42.5 Å². The zero-order chi connectivity index (χ0) is 15.6. The quantitative estimate of drug-likeness (QED) is 0.856. The van der Waals surface area contributed by atoms with Crippen LogP contribution in [-0.2, 0) is 11.2 Å². The molecule has 23 heavy (non-hydrogen) atoms. The van der Waals surface area contributed by atoms with Crippen molar-refractivity contribution in [2.45, 2.75) is 38.2 Å². The van der Waals surface area contributed by atoms with Crippen molar-refractivity contribution in [1.29, 1.82) is 0 Å². The van der Waals surface area contributed by atoms with Gasteiger partial charge in [-0.25, -0.2) is 0 Å². The van der Waals surface area contributed by atoms with Crippen molar-refractivity contribution in [3.8, 4) is 10.8 Å². The summed E-state index contributed by atoms with van der Waals surface area (Å²) >= 11 is 1.72. The number of aromatic nitrogens is 2. The van der Waals surface area contributed by atoms with Gasteiger partial charge in [0.1, 0.15) is 0 Å². The lowest BCUT2D eigenvalue weighted by molar-refractivity contribution is 0.114. The van der Waals surface area contributed by atoms with Crippen LogP contribution >= 0.6 is 11.3 Å². The zero-order valence-electron chi connectivity index (χ0n) is 13.5. The second-order valence-electron chi connectivity index (χ2n) is 6.67. The molecule has 2 aliphatic rings. The van der Waals surface area contributed by atoms with Gasteiger partial charge >= 0.3 is 0 Å². The van der Waals surface area contributed by atoms with E-state index in [2.05, 4.69) is 34.2 Å². The molecule has 4 heterocycles. The SMILES string of the molecule is CN1CCC(Cc2noc(-c3ccc(C4CCCO4)s3)n2)CC1. The Balaban J connectivity index is 1.41. The molecule has 1 unspecified atom stereocenters. The number of hydrogen-bond acceptors (Lipinski definition) is 6. The highest BCUT2D eigenvalue weighted by atomic mass is 32.1. The summed E-state index contributed by atoms with van der Waals surface area (Å²) in [5.41, 5.74) is 0. The number of ether oxygens (including phenoxy) is 1. The van der Waals surface area contributed by atoms with Crippen LogP contribution in [0.15, 0.2) is 16.7 Å². The van der Waals surface area contributed by atoms with Gasteiger partial charge in [-0.15, -0.1) is 11.3 Å². The standard InChI is InChI=1S/C17H23N3O2S/c1-20-8-6-12(7-9-20)11-16-18-17(22-19-16)15-5-4-14(23-15)13-3-2-10-21-13/h4-5,12-13H,2-3,6-11H2,1H3. The summed E-state index contributed by atoms with van der Waals surface area (Å²) in [5, 5.41) is 4.19. The highest BCUT2D eigenvalue weighted by Gasteiger charge is 2.22. The van der Waals surface area contributed by atoms with Crippen molar-refractivity contribution in [1.82, 2.24) is 15.0 Å². The Morgan fingerprint density at radius 2 is 2.13 bits per heavy atom. The molecule has 4 rings (SSSR count). The van der Waals surface area contributed by atoms with Gasteiger partial charge in [-0.05, 0) is 63.9 Å². The van der Waals surface area contributed by atoms with E-state index in [1.165, 1.54) is 30.8 Å². The smallest absolute Gasteiger partial charge is 0.267 e. The third-order valence-electron chi connectivity index (χ3n) is 4.86. The summed E-state index contributed by atoms with van der Waals surface area (Å²) in [6.07, 6.45) is 5.91. The molecule has 2 aromatic heterocycles. The molecule has 0 amide bonds. The Kier molecular flexibility index (Phi) is 4.46. The first-order valence-electron chi connectivity index (χ1n) is 8.51. The van der Waals surface area contributed by atoms with E-state index >= 15 is 0 Å². The van der Waals surface area contributed by atoms with Crippen LogP contribution < -0.4 is 0 Å². The number of likely N-dealkylation sites (tertiary alicyclic amines) is 1. The molecule has 2 saturated heterocycles. The van der Waals surface area contributed by atoms with Gasteiger partial charge in [0.25, 0.3) is 5.89 Å². The van der Waals surface area contributed by atoms with Crippen molar-refractivity contribution in [2.24, 2.45) is 5.92 Å². The Morgan fingerprint density at radius 1 is 1.26 bits per heavy atom. The normalized spacial score (nSPS) is 23.6. The molecule has 5 nitrogen and oxygen atoms in total. The van der Waals surface area contributed by atoms with Crippen LogP contribution in [0, 0.1) is 5.92 Å².